The van der Waals surface area contributed by atoms with Gasteiger partial charge >= 0.3 is 6.41 Å². The molecule has 0 unspecified atom stereocenters. The molecule has 0 aliphatic rings. The van der Waals surface area contributed by atoms with Crippen molar-refractivity contribution < 1.29 is 4.79 Å². The molecule has 1 amide bonds. The summed E-state index contributed by atoms with van der Waals surface area (Å²) in [5, 5.41) is 5.71. The lowest BCUT2D eigenvalue weighted by Gasteiger charge is -2.24. The second-order valence-corrected chi connectivity index (χ2v) is 4.27. The fourth-order valence-electron chi connectivity index (χ4n) is 1.24. The normalized spacial score (nSPS) is 14.0. The first-order valence-corrected chi connectivity index (χ1v) is 4.27. The monoisotopic (exact) mass is 171 g/mol. The molecule has 0 bridgehead atoms. The van der Waals surface area contributed by atoms with Gasteiger partial charge in [0.2, 0.25) is 0 Å². The van der Waals surface area contributed by atoms with E-state index in [9.17, 15) is 4.79 Å². The van der Waals surface area contributed by atoms with Crippen molar-refractivity contribution in [3.8, 4) is 0 Å². The van der Waals surface area contributed by atoms with Gasteiger partial charge in [0.1, 0.15) is 0 Å². The van der Waals surface area contributed by atoms with Crippen LogP contribution in [-0.4, -0.2) is 26.0 Å². The summed E-state index contributed by atoms with van der Waals surface area (Å²) < 4.78 is 0. The minimum atomic E-state index is 0.187. The minimum Gasteiger partial charge on any atom is -0.344 e. The zero-order valence-electron chi connectivity index (χ0n) is 8.40. The molecular weight excluding hydrogens is 152 g/mol. The maximum absolute atomic E-state index is 10.1. The zero-order chi connectivity index (χ0) is 9.61. The molecule has 0 saturated heterocycles. The molecule has 0 aromatic heterocycles. The van der Waals surface area contributed by atoms with E-state index in [2.05, 4.69) is 31.4 Å². The largest absolute Gasteiger partial charge is 0.344 e. The van der Waals surface area contributed by atoms with Gasteiger partial charge in [-0.15, -0.1) is 0 Å². The minimum absolute atomic E-state index is 0.187. The Balaban J connectivity index is 3.85. The molecular formula is C9H19N2O. The quantitative estimate of drug-likeness (QED) is 0.597. The third-order valence-electron chi connectivity index (χ3n) is 1.57. The average molecular weight is 171 g/mol. The third-order valence-corrected chi connectivity index (χ3v) is 1.57. The van der Waals surface area contributed by atoms with Crippen LogP contribution in [0.25, 0.3) is 0 Å². The molecule has 0 aromatic carbocycles. The number of nitrogens with one attached hydrogen (secondary N) is 2. The van der Waals surface area contributed by atoms with Crippen LogP contribution in [0.3, 0.4) is 0 Å². The summed E-state index contributed by atoms with van der Waals surface area (Å²) in [4.78, 5) is 10.1. The lowest BCUT2D eigenvalue weighted by atomic mass is 9.88. The number of likely N-dealkylation sites (N-methyl/N-ethyl adjacent to an activating group) is 1. The van der Waals surface area contributed by atoms with Gasteiger partial charge in [-0.2, -0.15) is 0 Å². The fraction of sp³-hybridized carbons (Fsp3) is 0.889. The standard InChI is InChI=1S/C9H19N2O/c1-9(2,3)5-8(6-10-4)11-7-12/h8,10H,5-6H2,1-4H3,(H,11,12)/t8-/m0/s1. The van der Waals surface area contributed by atoms with E-state index in [1.54, 1.807) is 6.41 Å². The van der Waals surface area contributed by atoms with E-state index in [0.717, 1.165) is 13.0 Å². The second-order valence-electron chi connectivity index (χ2n) is 4.27. The SMILES string of the molecule is CNC[C@H](CC(C)(C)C)N[C]=O. The van der Waals surface area contributed by atoms with Crippen LogP contribution in [-0.2, 0) is 4.79 Å². The number of hydrogen-bond acceptors (Lipinski definition) is 2. The van der Waals surface area contributed by atoms with Crippen LogP contribution < -0.4 is 10.6 Å². The number of hydrogen-bond donors (Lipinski definition) is 2. The molecule has 0 aliphatic carbocycles. The number of amides is 1. The average Bonchev–Trinajstić information content (AvgIpc) is 1.84. The van der Waals surface area contributed by atoms with Gasteiger partial charge in [0.25, 0.3) is 0 Å². The Morgan fingerprint density at radius 1 is 1.42 bits per heavy atom. The van der Waals surface area contributed by atoms with Crippen molar-refractivity contribution in [2.24, 2.45) is 5.41 Å². The summed E-state index contributed by atoms with van der Waals surface area (Å²) in [6.07, 6.45) is 2.70. The van der Waals surface area contributed by atoms with Crippen molar-refractivity contribution in [3.63, 3.8) is 0 Å². The van der Waals surface area contributed by atoms with E-state index in [1.165, 1.54) is 0 Å². The van der Waals surface area contributed by atoms with Crippen molar-refractivity contribution in [1.29, 1.82) is 0 Å². The van der Waals surface area contributed by atoms with Crippen molar-refractivity contribution in [2.75, 3.05) is 13.6 Å². The van der Waals surface area contributed by atoms with Gasteiger partial charge in [-0.1, -0.05) is 20.8 Å². The first kappa shape index (κ1) is 11.4. The van der Waals surface area contributed by atoms with Crippen LogP contribution in [0.4, 0.5) is 0 Å². The van der Waals surface area contributed by atoms with Crippen LogP contribution >= 0.6 is 0 Å². The van der Waals surface area contributed by atoms with Crippen LogP contribution in [0.2, 0.25) is 0 Å². The first-order valence-electron chi connectivity index (χ1n) is 4.27. The summed E-state index contributed by atoms with van der Waals surface area (Å²) in [5.74, 6) is 0. The highest BCUT2D eigenvalue weighted by atomic mass is 16.1. The molecule has 0 aliphatic heterocycles. The van der Waals surface area contributed by atoms with E-state index >= 15 is 0 Å². The van der Waals surface area contributed by atoms with Gasteiger partial charge in [0.05, 0.1) is 0 Å². The maximum atomic E-state index is 10.1. The molecule has 12 heavy (non-hydrogen) atoms. The number of rotatable bonds is 5. The van der Waals surface area contributed by atoms with Crippen LogP contribution in [0.5, 0.6) is 0 Å². The van der Waals surface area contributed by atoms with E-state index in [0.29, 0.717) is 0 Å². The number of carbonyl (C=O) groups excluding carboxylic acids is 1. The summed E-state index contributed by atoms with van der Waals surface area (Å²) >= 11 is 0. The summed E-state index contributed by atoms with van der Waals surface area (Å²) in [6, 6.07) is 0.187. The molecule has 0 spiro atoms. The zero-order valence-corrected chi connectivity index (χ0v) is 8.40. The van der Waals surface area contributed by atoms with Crippen molar-refractivity contribution in [2.45, 2.75) is 33.2 Å². The predicted molar refractivity (Wildman–Crippen MR) is 50.6 cm³/mol. The fourth-order valence-corrected chi connectivity index (χ4v) is 1.24. The molecule has 3 heteroatoms. The molecule has 0 rings (SSSR count). The Kier molecular flexibility index (Phi) is 4.90. The molecule has 0 fully saturated rings. The Labute approximate surface area is 74.9 Å². The predicted octanol–water partition coefficient (Wildman–Crippen LogP) is 0.667. The molecule has 71 valence electrons. The molecule has 0 heterocycles. The molecule has 2 N–H and O–H groups in total. The van der Waals surface area contributed by atoms with Crippen molar-refractivity contribution >= 4 is 6.41 Å². The highest BCUT2D eigenvalue weighted by molar-refractivity contribution is 5.47. The Morgan fingerprint density at radius 2 is 2.00 bits per heavy atom. The van der Waals surface area contributed by atoms with Gasteiger partial charge in [-0.05, 0) is 18.9 Å². The molecule has 0 aromatic rings. The third kappa shape index (κ3) is 6.16. The maximum Gasteiger partial charge on any atom is 0.309 e. The van der Waals surface area contributed by atoms with Gasteiger partial charge < -0.3 is 10.6 Å². The molecule has 1 atom stereocenters. The van der Waals surface area contributed by atoms with E-state index in [-0.39, 0.29) is 11.5 Å². The van der Waals surface area contributed by atoms with E-state index in [4.69, 9.17) is 0 Å². The Morgan fingerprint density at radius 3 is 2.33 bits per heavy atom. The van der Waals surface area contributed by atoms with Crippen LogP contribution in [0.15, 0.2) is 0 Å². The lowest BCUT2D eigenvalue weighted by molar-refractivity contribution is 0.320. The second kappa shape index (κ2) is 5.14. The summed E-state index contributed by atoms with van der Waals surface area (Å²) in [7, 11) is 1.88. The Hall–Kier alpha value is -0.570. The summed E-state index contributed by atoms with van der Waals surface area (Å²) in [6.45, 7) is 7.26. The molecule has 0 saturated carbocycles. The van der Waals surface area contributed by atoms with Crippen molar-refractivity contribution in [1.82, 2.24) is 10.6 Å². The van der Waals surface area contributed by atoms with Gasteiger partial charge in [-0.25, -0.2) is 0 Å². The van der Waals surface area contributed by atoms with Gasteiger partial charge in [0.15, 0.2) is 0 Å². The molecule has 1 radical (unpaired) electrons. The van der Waals surface area contributed by atoms with Crippen LogP contribution in [0, 0.1) is 5.41 Å². The van der Waals surface area contributed by atoms with E-state index < -0.39 is 0 Å². The highest BCUT2D eigenvalue weighted by Gasteiger charge is 2.17. The van der Waals surface area contributed by atoms with Gasteiger partial charge in [0, 0.05) is 12.6 Å². The van der Waals surface area contributed by atoms with Gasteiger partial charge in [-0.3, -0.25) is 4.79 Å². The van der Waals surface area contributed by atoms with Crippen molar-refractivity contribution in [3.05, 3.63) is 0 Å². The smallest absolute Gasteiger partial charge is 0.309 e. The first-order chi connectivity index (χ1) is 5.49. The topological polar surface area (TPSA) is 41.1 Å². The van der Waals surface area contributed by atoms with E-state index in [1.807, 2.05) is 7.05 Å². The highest BCUT2D eigenvalue weighted by Crippen LogP contribution is 2.20. The Bertz CT molecular complexity index is 129. The summed E-state index contributed by atoms with van der Waals surface area (Å²) in [5.41, 5.74) is 0.241. The van der Waals surface area contributed by atoms with Crippen LogP contribution in [0.1, 0.15) is 27.2 Å². The lowest BCUT2D eigenvalue weighted by Crippen LogP contribution is -2.39. The molecule has 3 nitrogen and oxygen atoms in total.